The van der Waals surface area contributed by atoms with Crippen LogP contribution in [0.25, 0.3) is 0 Å². The van der Waals surface area contributed by atoms with Gasteiger partial charge in [-0.15, -0.1) is 0 Å². The topological polar surface area (TPSA) is 47.9 Å². The number of benzene rings is 1. The summed E-state index contributed by atoms with van der Waals surface area (Å²) in [5.74, 6) is 1.11. The Morgan fingerprint density at radius 3 is 2.29 bits per heavy atom. The zero-order valence-corrected chi connectivity index (χ0v) is 13.2. The Bertz CT molecular complexity index is 641. The lowest BCUT2D eigenvalue weighted by Crippen LogP contribution is -2.34. The van der Waals surface area contributed by atoms with Crippen LogP contribution in [0.15, 0.2) is 21.6 Å². The van der Waals surface area contributed by atoms with Crippen molar-refractivity contribution in [1.82, 2.24) is 0 Å². The monoisotopic (exact) mass is 349 g/mol. The first kappa shape index (κ1) is 13.4. The summed E-state index contributed by atoms with van der Waals surface area (Å²) in [6, 6.07) is 3.95. The van der Waals surface area contributed by atoms with E-state index in [0.29, 0.717) is 0 Å². The quantitative estimate of drug-likeness (QED) is 0.593. The van der Waals surface area contributed by atoms with Crippen LogP contribution in [0.1, 0.15) is 50.5 Å². The first-order valence-corrected chi connectivity index (χ1v) is 8.27. The molecule has 1 aromatic carbocycles. The van der Waals surface area contributed by atoms with Crippen molar-refractivity contribution in [3.05, 3.63) is 22.2 Å². The van der Waals surface area contributed by atoms with Gasteiger partial charge in [-0.2, -0.15) is 4.99 Å². The third kappa shape index (κ3) is 1.95. The predicted molar refractivity (Wildman–Crippen MR) is 80.2 cm³/mol. The molecule has 3 aliphatic rings. The Hall–Kier alpha value is -1.32. The Kier molecular flexibility index (Phi) is 2.92. The molecule has 21 heavy (non-hydrogen) atoms. The summed E-state index contributed by atoms with van der Waals surface area (Å²) < 4.78 is 13.1. The third-order valence-electron chi connectivity index (χ3n) is 4.93. The lowest BCUT2D eigenvalue weighted by molar-refractivity contribution is -0.0716. The van der Waals surface area contributed by atoms with E-state index in [-0.39, 0.29) is 0 Å². The molecule has 0 amide bonds. The highest BCUT2D eigenvalue weighted by atomic mass is 79.9. The van der Waals surface area contributed by atoms with E-state index in [9.17, 15) is 4.79 Å². The van der Waals surface area contributed by atoms with Gasteiger partial charge in [-0.3, -0.25) is 0 Å². The molecule has 2 saturated carbocycles. The van der Waals surface area contributed by atoms with Crippen molar-refractivity contribution in [2.24, 2.45) is 4.99 Å². The van der Waals surface area contributed by atoms with Crippen molar-refractivity contribution in [1.29, 1.82) is 0 Å². The number of carbonyl (C=O) groups excluding carboxylic acids is 1. The van der Waals surface area contributed by atoms with Gasteiger partial charge in [0.25, 0.3) is 5.79 Å². The molecule has 0 unspecified atom stereocenters. The van der Waals surface area contributed by atoms with Gasteiger partial charge in [0, 0.05) is 17.3 Å². The number of isocyanates is 1. The number of rotatable bonds is 2. The van der Waals surface area contributed by atoms with Crippen molar-refractivity contribution in [3.8, 4) is 11.5 Å². The van der Waals surface area contributed by atoms with Crippen LogP contribution in [0, 0.1) is 0 Å². The molecule has 0 aromatic heterocycles. The zero-order valence-electron chi connectivity index (χ0n) is 11.7. The highest BCUT2D eigenvalue weighted by Crippen LogP contribution is 2.53. The number of nitrogens with zero attached hydrogens (tertiary/aromatic N) is 1. The van der Waals surface area contributed by atoms with Gasteiger partial charge < -0.3 is 9.47 Å². The van der Waals surface area contributed by atoms with Gasteiger partial charge in [0.05, 0.1) is 5.54 Å². The van der Waals surface area contributed by atoms with E-state index in [2.05, 4.69) is 20.9 Å². The number of aliphatic imine (C=N–C) groups is 1. The SMILES string of the molecule is O=C=NC1(c2cc3c(cc2Br)OC2(CCCC2)O3)CCC1. The second-order valence-electron chi connectivity index (χ2n) is 6.19. The van der Waals surface area contributed by atoms with Gasteiger partial charge in [-0.25, -0.2) is 4.79 Å². The molecule has 2 aliphatic carbocycles. The second kappa shape index (κ2) is 4.59. The van der Waals surface area contributed by atoms with Gasteiger partial charge in [-0.05, 0) is 49.8 Å². The molecule has 0 saturated heterocycles. The van der Waals surface area contributed by atoms with Crippen molar-refractivity contribution in [2.45, 2.75) is 56.3 Å². The van der Waals surface area contributed by atoms with Crippen LogP contribution in [-0.4, -0.2) is 11.9 Å². The Morgan fingerprint density at radius 2 is 1.71 bits per heavy atom. The number of fused-ring (bicyclic) bond motifs is 1. The maximum absolute atomic E-state index is 10.8. The minimum atomic E-state index is -0.457. The van der Waals surface area contributed by atoms with Crippen LogP contribution in [0.4, 0.5) is 0 Å². The molecule has 0 atom stereocenters. The van der Waals surface area contributed by atoms with Gasteiger partial charge in [0.15, 0.2) is 11.5 Å². The lowest BCUT2D eigenvalue weighted by atomic mass is 9.72. The smallest absolute Gasteiger partial charge is 0.251 e. The second-order valence-corrected chi connectivity index (χ2v) is 7.04. The molecule has 5 heteroatoms. The van der Waals surface area contributed by atoms with Crippen LogP contribution in [0.5, 0.6) is 11.5 Å². The molecule has 0 N–H and O–H groups in total. The number of ether oxygens (including phenoxy) is 2. The van der Waals surface area contributed by atoms with Gasteiger partial charge in [0.2, 0.25) is 6.08 Å². The van der Waals surface area contributed by atoms with E-state index < -0.39 is 11.3 Å². The predicted octanol–water partition coefficient (Wildman–Crippen LogP) is 4.21. The zero-order chi connectivity index (χ0) is 14.5. The maximum Gasteiger partial charge on any atom is 0.251 e. The standard InChI is InChI=1S/C16H16BrNO3/c17-12-9-14-13(20-16(21-14)6-1-2-7-16)8-11(12)15(18-10-19)4-3-5-15/h8-9H,1-7H2. The number of halogens is 1. The molecular formula is C16H16BrNO3. The van der Waals surface area contributed by atoms with Crippen LogP contribution in [0.2, 0.25) is 0 Å². The number of hydrogen-bond donors (Lipinski definition) is 0. The highest BCUT2D eigenvalue weighted by molar-refractivity contribution is 9.10. The van der Waals surface area contributed by atoms with E-state index in [4.69, 9.17) is 9.47 Å². The van der Waals surface area contributed by atoms with Crippen LogP contribution < -0.4 is 9.47 Å². The Labute approximate surface area is 131 Å². The van der Waals surface area contributed by atoms with E-state index >= 15 is 0 Å². The average molecular weight is 350 g/mol. The minimum absolute atomic E-state index is 0.426. The van der Waals surface area contributed by atoms with Gasteiger partial charge in [-0.1, -0.05) is 15.9 Å². The summed E-state index contributed by atoms with van der Waals surface area (Å²) in [5, 5.41) is 0. The van der Waals surface area contributed by atoms with Gasteiger partial charge in [0.1, 0.15) is 0 Å². The summed E-state index contributed by atoms with van der Waals surface area (Å²) in [4.78, 5) is 14.8. The van der Waals surface area contributed by atoms with Crippen molar-refractivity contribution >= 4 is 22.0 Å². The molecule has 1 aromatic rings. The highest BCUT2D eigenvalue weighted by Gasteiger charge is 2.46. The van der Waals surface area contributed by atoms with E-state index in [1.807, 2.05) is 12.1 Å². The average Bonchev–Trinajstić information content (AvgIpc) is 3.00. The van der Waals surface area contributed by atoms with Crippen molar-refractivity contribution in [2.75, 3.05) is 0 Å². The molecule has 0 bridgehead atoms. The molecule has 110 valence electrons. The first-order valence-electron chi connectivity index (χ1n) is 7.48. The van der Waals surface area contributed by atoms with Crippen LogP contribution in [-0.2, 0) is 10.3 Å². The molecule has 1 spiro atoms. The van der Waals surface area contributed by atoms with Crippen molar-refractivity contribution in [3.63, 3.8) is 0 Å². The maximum atomic E-state index is 10.8. The Balaban J connectivity index is 1.75. The van der Waals surface area contributed by atoms with Crippen LogP contribution in [0.3, 0.4) is 0 Å². The first-order chi connectivity index (χ1) is 10.2. The summed E-state index contributed by atoms with van der Waals surface area (Å²) >= 11 is 3.60. The molecular weight excluding hydrogens is 334 g/mol. The third-order valence-corrected chi connectivity index (χ3v) is 5.59. The lowest BCUT2D eigenvalue weighted by Gasteiger charge is -2.37. The summed E-state index contributed by atoms with van der Waals surface area (Å²) in [7, 11) is 0. The summed E-state index contributed by atoms with van der Waals surface area (Å²) in [5.41, 5.74) is 0.583. The normalized spacial score (nSPS) is 23.7. The molecule has 2 fully saturated rings. The van der Waals surface area contributed by atoms with E-state index in [1.165, 1.54) is 0 Å². The largest absolute Gasteiger partial charge is 0.448 e. The summed E-state index contributed by atoms with van der Waals surface area (Å²) in [6.07, 6.45) is 8.73. The minimum Gasteiger partial charge on any atom is -0.448 e. The number of hydrogen-bond acceptors (Lipinski definition) is 4. The summed E-state index contributed by atoms with van der Waals surface area (Å²) in [6.45, 7) is 0. The van der Waals surface area contributed by atoms with E-state index in [1.54, 1.807) is 6.08 Å². The fraction of sp³-hybridized carbons (Fsp3) is 0.562. The molecule has 1 heterocycles. The van der Waals surface area contributed by atoms with Gasteiger partial charge >= 0.3 is 0 Å². The van der Waals surface area contributed by atoms with Crippen molar-refractivity contribution < 1.29 is 14.3 Å². The fourth-order valence-electron chi connectivity index (χ4n) is 3.63. The molecule has 1 aliphatic heterocycles. The molecule has 0 radical (unpaired) electrons. The van der Waals surface area contributed by atoms with Crippen LogP contribution >= 0.6 is 15.9 Å². The molecule has 4 rings (SSSR count). The van der Waals surface area contributed by atoms with E-state index in [0.717, 1.165) is 66.5 Å². The Morgan fingerprint density at radius 1 is 1.05 bits per heavy atom. The fourth-order valence-corrected chi connectivity index (χ4v) is 4.32. The molecule has 4 nitrogen and oxygen atoms in total.